The van der Waals surface area contributed by atoms with Gasteiger partial charge in [0, 0.05) is 23.5 Å². The van der Waals surface area contributed by atoms with Crippen LogP contribution in [0.1, 0.15) is 12.0 Å². The lowest BCUT2D eigenvalue weighted by molar-refractivity contribution is 0.523. The summed E-state index contributed by atoms with van der Waals surface area (Å²) in [6, 6.07) is 7.01. The molecule has 0 aliphatic carbocycles. The van der Waals surface area contributed by atoms with Crippen LogP contribution in [0.25, 0.3) is 0 Å². The third kappa shape index (κ3) is 1.79. The number of benzene rings is 1. The Morgan fingerprint density at radius 2 is 2.12 bits per heavy atom. The Labute approximate surface area is 109 Å². The third-order valence-corrected chi connectivity index (χ3v) is 5.12. The van der Waals surface area contributed by atoms with Gasteiger partial charge in [-0.25, -0.2) is 0 Å². The topological polar surface area (TPSA) is 49.7 Å². The van der Waals surface area contributed by atoms with Crippen LogP contribution in [0.2, 0.25) is 0 Å². The maximum atomic E-state index is 11.9. The van der Waals surface area contributed by atoms with E-state index in [2.05, 4.69) is 20.3 Å². The minimum absolute atomic E-state index is 0.327. The monoisotopic (exact) mass is 314 g/mol. The predicted octanol–water partition coefficient (Wildman–Crippen LogP) is 1.60. The summed E-state index contributed by atoms with van der Waals surface area (Å²) in [4.78, 5) is 2.77. The highest BCUT2D eigenvalue weighted by molar-refractivity contribution is 9.09. The standard InChI is InChI=1S/C11H11BrN2O2S/c12-8-5-6-14(7-8)11-9-3-1-2-4-10(9)17(15,16)13-11/h1-4,8H,5-7H2. The minimum Gasteiger partial charge on any atom is -0.354 e. The lowest BCUT2D eigenvalue weighted by atomic mass is 10.2. The highest BCUT2D eigenvalue weighted by Gasteiger charge is 2.34. The molecule has 2 aliphatic rings. The molecule has 0 saturated carbocycles. The van der Waals surface area contributed by atoms with E-state index in [9.17, 15) is 8.42 Å². The zero-order chi connectivity index (χ0) is 12.0. The number of fused-ring (bicyclic) bond motifs is 1. The van der Waals surface area contributed by atoms with Crippen molar-refractivity contribution in [2.24, 2.45) is 4.40 Å². The van der Waals surface area contributed by atoms with E-state index in [1.54, 1.807) is 12.1 Å². The fraction of sp³-hybridized carbons (Fsp3) is 0.364. The fourth-order valence-corrected chi connectivity index (χ4v) is 4.01. The van der Waals surface area contributed by atoms with Crippen molar-refractivity contribution in [1.29, 1.82) is 0 Å². The van der Waals surface area contributed by atoms with Crippen LogP contribution in [0.4, 0.5) is 0 Å². The largest absolute Gasteiger partial charge is 0.354 e. The lowest BCUT2D eigenvalue weighted by Gasteiger charge is -2.17. The number of hydrogen-bond acceptors (Lipinski definition) is 3. The zero-order valence-electron chi connectivity index (χ0n) is 9.01. The summed E-state index contributed by atoms with van der Waals surface area (Å²) in [5.74, 6) is 0.600. The zero-order valence-corrected chi connectivity index (χ0v) is 11.4. The molecule has 1 unspecified atom stereocenters. The summed E-state index contributed by atoms with van der Waals surface area (Å²) in [7, 11) is -3.48. The van der Waals surface area contributed by atoms with Crippen LogP contribution in [-0.2, 0) is 10.0 Å². The first-order valence-corrected chi connectivity index (χ1v) is 7.77. The van der Waals surface area contributed by atoms with Crippen molar-refractivity contribution in [3.8, 4) is 0 Å². The Bertz CT molecular complexity index is 597. The van der Waals surface area contributed by atoms with E-state index in [1.807, 2.05) is 17.0 Å². The van der Waals surface area contributed by atoms with Crippen molar-refractivity contribution in [3.63, 3.8) is 0 Å². The van der Waals surface area contributed by atoms with Crippen LogP contribution < -0.4 is 0 Å². The normalized spacial score (nSPS) is 25.8. The van der Waals surface area contributed by atoms with E-state index in [4.69, 9.17) is 0 Å². The summed E-state index contributed by atoms with van der Waals surface area (Å²) < 4.78 is 27.7. The maximum absolute atomic E-state index is 11.9. The molecule has 0 amide bonds. The van der Waals surface area contributed by atoms with E-state index in [0.29, 0.717) is 15.6 Å². The first-order chi connectivity index (χ1) is 8.08. The van der Waals surface area contributed by atoms with Crippen molar-refractivity contribution in [1.82, 2.24) is 4.90 Å². The van der Waals surface area contributed by atoms with Gasteiger partial charge in [0.1, 0.15) is 4.90 Å². The van der Waals surface area contributed by atoms with Gasteiger partial charge in [0.15, 0.2) is 5.84 Å². The summed E-state index contributed by atoms with van der Waals surface area (Å²) in [5.41, 5.74) is 0.731. The van der Waals surface area contributed by atoms with Gasteiger partial charge in [-0.1, -0.05) is 28.1 Å². The molecule has 1 aromatic rings. The van der Waals surface area contributed by atoms with E-state index in [0.717, 1.165) is 25.1 Å². The maximum Gasteiger partial charge on any atom is 0.285 e. The number of amidine groups is 1. The molecule has 6 heteroatoms. The smallest absolute Gasteiger partial charge is 0.285 e. The highest BCUT2D eigenvalue weighted by Crippen LogP contribution is 2.29. The van der Waals surface area contributed by atoms with E-state index >= 15 is 0 Å². The van der Waals surface area contributed by atoms with Gasteiger partial charge >= 0.3 is 0 Å². The van der Waals surface area contributed by atoms with Crippen LogP contribution in [-0.4, -0.2) is 37.1 Å². The molecule has 1 atom stereocenters. The molecule has 17 heavy (non-hydrogen) atoms. The molecule has 0 radical (unpaired) electrons. The third-order valence-electron chi connectivity index (χ3n) is 3.04. The molecule has 2 heterocycles. The van der Waals surface area contributed by atoms with Gasteiger partial charge in [-0.05, 0) is 18.6 Å². The second-order valence-corrected chi connectivity index (χ2v) is 7.09. The van der Waals surface area contributed by atoms with Crippen LogP contribution >= 0.6 is 15.9 Å². The Kier molecular flexibility index (Phi) is 2.52. The SMILES string of the molecule is O=S1(=O)N=C(N2CCC(Br)C2)c2ccccc21. The molecule has 0 bridgehead atoms. The Balaban J connectivity index is 2.08. The predicted molar refractivity (Wildman–Crippen MR) is 69.1 cm³/mol. The summed E-state index contributed by atoms with van der Waals surface area (Å²) >= 11 is 3.55. The highest BCUT2D eigenvalue weighted by atomic mass is 79.9. The number of rotatable bonds is 0. The number of alkyl halides is 1. The number of halogens is 1. The molecule has 2 aliphatic heterocycles. The molecule has 1 saturated heterocycles. The molecule has 0 aromatic heterocycles. The van der Waals surface area contributed by atoms with Crippen LogP contribution in [0.3, 0.4) is 0 Å². The molecule has 1 fully saturated rings. The number of sulfonamides is 1. The summed E-state index contributed by atoms with van der Waals surface area (Å²) in [6.07, 6.45) is 1.02. The van der Waals surface area contributed by atoms with Gasteiger partial charge in [0.05, 0.1) is 0 Å². The van der Waals surface area contributed by atoms with Crippen molar-refractivity contribution in [3.05, 3.63) is 29.8 Å². The fourth-order valence-electron chi connectivity index (χ4n) is 2.23. The number of nitrogens with zero attached hydrogens (tertiary/aromatic N) is 2. The first kappa shape index (κ1) is 11.2. The van der Waals surface area contributed by atoms with Gasteiger partial charge in [-0.2, -0.15) is 8.42 Å². The van der Waals surface area contributed by atoms with Crippen LogP contribution in [0.5, 0.6) is 0 Å². The summed E-state index contributed by atoms with van der Waals surface area (Å²) in [5, 5.41) is 0. The van der Waals surface area contributed by atoms with Gasteiger partial charge < -0.3 is 4.90 Å². The van der Waals surface area contributed by atoms with E-state index in [1.165, 1.54) is 0 Å². The molecule has 1 aromatic carbocycles. The van der Waals surface area contributed by atoms with Gasteiger partial charge in [0.25, 0.3) is 10.0 Å². The molecule has 3 rings (SSSR count). The van der Waals surface area contributed by atoms with Crippen molar-refractivity contribution in [2.45, 2.75) is 16.1 Å². The van der Waals surface area contributed by atoms with Gasteiger partial charge in [-0.15, -0.1) is 4.40 Å². The molecule has 0 spiro atoms. The van der Waals surface area contributed by atoms with E-state index in [-0.39, 0.29) is 0 Å². The average molecular weight is 315 g/mol. The van der Waals surface area contributed by atoms with Crippen molar-refractivity contribution < 1.29 is 8.42 Å². The Hall–Kier alpha value is -0.880. The second-order valence-electron chi connectivity index (χ2n) is 4.22. The number of likely N-dealkylation sites (tertiary alicyclic amines) is 1. The molecular weight excluding hydrogens is 304 g/mol. The number of hydrogen-bond donors (Lipinski definition) is 0. The Morgan fingerprint density at radius 1 is 1.35 bits per heavy atom. The van der Waals surface area contributed by atoms with Gasteiger partial charge in [-0.3, -0.25) is 0 Å². The minimum atomic E-state index is -3.48. The Morgan fingerprint density at radius 3 is 2.82 bits per heavy atom. The van der Waals surface area contributed by atoms with Crippen molar-refractivity contribution >= 4 is 31.8 Å². The van der Waals surface area contributed by atoms with Crippen molar-refractivity contribution in [2.75, 3.05) is 13.1 Å². The molecule has 90 valence electrons. The average Bonchev–Trinajstić information content (AvgIpc) is 2.82. The first-order valence-electron chi connectivity index (χ1n) is 5.41. The van der Waals surface area contributed by atoms with Gasteiger partial charge in [0.2, 0.25) is 0 Å². The lowest BCUT2D eigenvalue weighted by Crippen LogP contribution is -2.28. The van der Waals surface area contributed by atoms with Crippen LogP contribution in [0.15, 0.2) is 33.6 Å². The molecular formula is C11H11BrN2O2S. The van der Waals surface area contributed by atoms with Crippen LogP contribution in [0, 0.1) is 0 Å². The van der Waals surface area contributed by atoms with E-state index < -0.39 is 10.0 Å². The quantitative estimate of drug-likeness (QED) is 0.684. The summed E-state index contributed by atoms with van der Waals surface area (Å²) in [6.45, 7) is 1.65. The molecule has 4 nitrogen and oxygen atoms in total. The second kappa shape index (κ2) is 3.81. The molecule has 0 N–H and O–H groups in total.